The molecule has 1 saturated heterocycles. The minimum Gasteiger partial charge on any atom is -0.480 e. The van der Waals surface area contributed by atoms with E-state index in [1.807, 2.05) is 11.0 Å². The standard InChI is InChI=1S/C12H14BrFN2O2/c13-9-3-8(4-10(14)5-9)6-16-2-1-12(15,7-16)11(17)18/h3-5H,1-2,6-7,15H2,(H,17,18). The molecule has 1 fully saturated rings. The number of rotatable bonds is 3. The van der Waals surface area contributed by atoms with Gasteiger partial charge in [-0.3, -0.25) is 9.69 Å². The predicted octanol–water partition coefficient (Wildman–Crippen LogP) is 1.58. The number of likely N-dealkylation sites (tertiary alicyclic amines) is 1. The van der Waals surface area contributed by atoms with Crippen LogP contribution in [0.5, 0.6) is 0 Å². The van der Waals surface area contributed by atoms with E-state index in [0.29, 0.717) is 24.0 Å². The van der Waals surface area contributed by atoms with Crippen LogP contribution >= 0.6 is 15.9 Å². The van der Waals surface area contributed by atoms with Gasteiger partial charge in [0.05, 0.1) is 0 Å². The summed E-state index contributed by atoms with van der Waals surface area (Å²) < 4.78 is 13.9. The molecular weight excluding hydrogens is 303 g/mol. The zero-order valence-corrected chi connectivity index (χ0v) is 11.3. The highest BCUT2D eigenvalue weighted by atomic mass is 79.9. The van der Waals surface area contributed by atoms with Crippen LogP contribution in [0, 0.1) is 5.82 Å². The van der Waals surface area contributed by atoms with Crippen LogP contribution in [0.1, 0.15) is 12.0 Å². The molecule has 0 aromatic heterocycles. The van der Waals surface area contributed by atoms with Gasteiger partial charge in [0.2, 0.25) is 0 Å². The summed E-state index contributed by atoms with van der Waals surface area (Å²) in [5.74, 6) is -1.29. The summed E-state index contributed by atoms with van der Waals surface area (Å²) in [6, 6.07) is 4.65. The van der Waals surface area contributed by atoms with Crippen molar-refractivity contribution in [2.24, 2.45) is 5.73 Å². The second-order valence-corrected chi connectivity index (χ2v) is 5.62. The van der Waals surface area contributed by atoms with Gasteiger partial charge in [0.25, 0.3) is 0 Å². The van der Waals surface area contributed by atoms with E-state index in [4.69, 9.17) is 10.8 Å². The molecule has 1 aromatic carbocycles. The second kappa shape index (κ2) is 4.95. The van der Waals surface area contributed by atoms with Crippen molar-refractivity contribution >= 4 is 21.9 Å². The lowest BCUT2D eigenvalue weighted by Gasteiger charge is -2.20. The zero-order valence-electron chi connectivity index (χ0n) is 9.70. The van der Waals surface area contributed by atoms with Gasteiger partial charge in [-0.1, -0.05) is 15.9 Å². The first-order chi connectivity index (χ1) is 8.39. The van der Waals surface area contributed by atoms with E-state index >= 15 is 0 Å². The Morgan fingerprint density at radius 3 is 2.83 bits per heavy atom. The monoisotopic (exact) mass is 316 g/mol. The van der Waals surface area contributed by atoms with Gasteiger partial charge in [-0.15, -0.1) is 0 Å². The summed E-state index contributed by atoms with van der Waals surface area (Å²) in [5.41, 5.74) is 5.41. The quantitative estimate of drug-likeness (QED) is 0.888. The van der Waals surface area contributed by atoms with Gasteiger partial charge in [-0.25, -0.2) is 4.39 Å². The largest absolute Gasteiger partial charge is 0.480 e. The molecule has 1 aromatic rings. The van der Waals surface area contributed by atoms with Gasteiger partial charge < -0.3 is 10.8 Å². The van der Waals surface area contributed by atoms with Crippen molar-refractivity contribution in [3.8, 4) is 0 Å². The molecule has 0 saturated carbocycles. The summed E-state index contributed by atoms with van der Waals surface area (Å²) in [4.78, 5) is 12.9. The van der Waals surface area contributed by atoms with Gasteiger partial charge in [-0.05, 0) is 30.2 Å². The van der Waals surface area contributed by atoms with Crippen LogP contribution in [0.2, 0.25) is 0 Å². The number of nitrogens with zero attached hydrogens (tertiary/aromatic N) is 1. The molecule has 0 spiro atoms. The topological polar surface area (TPSA) is 66.6 Å². The minimum atomic E-state index is -1.18. The highest BCUT2D eigenvalue weighted by molar-refractivity contribution is 9.10. The second-order valence-electron chi connectivity index (χ2n) is 4.70. The molecular formula is C12H14BrFN2O2. The van der Waals surface area contributed by atoms with Crippen LogP contribution in [0.3, 0.4) is 0 Å². The minimum absolute atomic E-state index is 0.288. The Morgan fingerprint density at radius 2 is 2.28 bits per heavy atom. The highest BCUT2D eigenvalue weighted by Crippen LogP contribution is 2.22. The van der Waals surface area contributed by atoms with E-state index in [0.717, 1.165) is 5.56 Å². The van der Waals surface area contributed by atoms with E-state index in [-0.39, 0.29) is 12.4 Å². The third-order valence-corrected chi connectivity index (χ3v) is 3.59. The molecule has 0 aliphatic carbocycles. The molecule has 3 N–H and O–H groups in total. The maximum absolute atomic E-state index is 13.2. The highest BCUT2D eigenvalue weighted by Gasteiger charge is 2.41. The molecule has 1 atom stereocenters. The van der Waals surface area contributed by atoms with E-state index in [1.54, 1.807) is 0 Å². The Balaban J connectivity index is 2.06. The summed E-state index contributed by atoms with van der Waals surface area (Å²) in [6.07, 6.45) is 0.415. The molecule has 18 heavy (non-hydrogen) atoms. The third kappa shape index (κ3) is 2.88. The van der Waals surface area contributed by atoms with Gasteiger partial charge >= 0.3 is 5.97 Å². The summed E-state index contributed by atoms with van der Waals surface area (Å²) in [5, 5.41) is 9.03. The Hall–Kier alpha value is -0.980. The fraction of sp³-hybridized carbons (Fsp3) is 0.417. The van der Waals surface area contributed by atoms with E-state index in [2.05, 4.69) is 15.9 Å². The molecule has 2 rings (SSSR count). The van der Waals surface area contributed by atoms with Crippen molar-refractivity contribution in [2.75, 3.05) is 13.1 Å². The molecule has 0 bridgehead atoms. The Kier molecular flexibility index (Phi) is 3.70. The number of aliphatic carboxylic acids is 1. The molecule has 0 radical (unpaired) electrons. The average Bonchev–Trinajstić information content (AvgIpc) is 2.60. The van der Waals surface area contributed by atoms with Crippen LogP contribution in [-0.4, -0.2) is 34.6 Å². The summed E-state index contributed by atoms with van der Waals surface area (Å²) in [7, 11) is 0. The zero-order chi connectivity index (χ0) is 13.3. The molecule has 1 heterocycles. The van der Waals surface area contributed by atoms with Gasteiger partial charge in [0, 0.05) is 24.1 Å². The fourth-order valence-corrected chi connectivity index (χ4v) is 2.70. The number of carboxylic acid groups (broad SMARTS) is 1. The van der Waals surface area contributed by atoms with Gasteiger partial charge in [0.1, 0.15) is 11.4 Å². The summed E-state index contributed by atoms with van der Waals surface area (Å²) in [6.45, 7) is 1.40. The normalized spacial score (nSPS) is 24.4. The van der Waals surface area contributed by atoms with Crippen molar-refractivity contribution in [1.29, 1.82) is 0 Å². The number of carbonyl (C=O) groups is 1. The number of halogens is 2. The first-order valence-corrected chi connectivity index (χ1v) is 6.38. The molecule has 6 heteroatoms. The number of hydrogen-bond donors (Lipinski definition) is 2. The van der Waals surface area contributed by atoms with Crippen molar-refractivity contribution in [2.45, 2.75) is 18.5 Å². The van der Waals surface area contributed by atoms with Crippen LogP contribution in [0.15, 0.2) is 22.7 Å². The molecule has 0 amide bonds. The van der Waals surface area contributed by atoms with Crippen LogP contribution in [-0.2, 0) is 11.3 Å². The number of nitrogens with two attached hydrogens (primary N) is 1. The lowest BCUT2D eigenvalue weighted by Crippen LogP contribution is -2.50. The van der Waals surface area contributed by atoms with E-state index in [9.17, 15) is 9.18 Å². The Morgan fingerprint density at radius 1 is 1.56 bits per heavy atom. The van der Waals surface area contributed by atoms with Crippen LogP contribution < -0.4 is 5.73 Å². The molecule has 1 aliphatic rings. The first kappa shape index (κ1) is 13.5. The molecule has 1 aliphatic heterocycles. The lowest BCUT2D eigenvalue weighted by atomic mass is 10.0. The van der Waals surface area contributed by atoms with Crippen molar-refractivity contribution < 1.29 is 14.3 Å². The maximum Gasteiger partial charge on any atom is 0.325 e. The van der Waals surface area contributed by atoms with E-state index in [1.165, 1.54) is 12.1 Å². The van der Waals surface area contributed by atoms with Crippen LogP contribution in [0.25, 0.3) is 0 Å². The van der Waals surface area contributed by atoms with Gasteiger partial charge in [-0.2, -0.15) is 0 Å². The maximum atomic E-state index is 13.2. The van der Waals surface area contributed by atoms with Crippen LogP contribution in [0.4, 0.5) is 4.39 Å². The summed E-state index contributed by atoms with van der Waals surface area (Å²) >= 11 is 3.23. The number of benzene rings is 1. The van der Waals surface area contributed by atoms with Gasteiger partial charge in [0.15, 0.2) is 0 Å². The lowest BCUT2D eigenvalue weighted by molar-refractivity contribution is -0.142. The Labute approximate surface area is 113 Å². The third-order valence-electron chi connectivity index (χ3n) is 3.13. The molecule has 1 unspecified atom stereocenters. The number of hydrogen-bond acceptors (Lipinski definition) is 3. The van der Waals surface area contributed by atoms with Crippen molar-refractivity contribution in [1.82, 2.24) is 4.90 Å². The van der Waals surface area contributed by atoms with E-state index < -0.39 is 11.5 Å². The molecule has 4 nitrogen and oxygen atoms in total. The smallest absolute Gasteiger partial charge is 0.325 e. The average molecular weight is 317 g/mol. The van der Waals surface area contributed by atoms with Crippen molar-refractivity contribution in [3.63, 3.8) is 0 Å². The Bertz CT molecular complexity index is 463. The molecule has 98 valence electrons. The SMILES string of the molecule is NC1(C(=O)O)CCN(Cc2cc(F)cc(Br)c2)C1. The first-order valence-electron chi connectivity index (χ1n) is 5.59. The number of carboxylic acids is 1. The fourth-order valence-electron chi connectivity index (χ4n) is 2.18. The predicted molar refractivity (Wildman–Crippen MR) is 68.5 cm³/mol. The van der Waals surface area contributed by atoms with Crippen molar-refractivity contribution in [3.05, 3.63) is 34.1 Å².